The summed E-state index contributed by atoms with van der Waals surface area (Å²) in [5.74, 6) is 2.03. The second kappa shape index (κ2) is 7.79. The predicted molar refractivity (Wildman–Crippen MR) is 124 cm³/mol. The lowest BCUT2D eigenvalue weighted by atomic mass is 10.0. The van der Waals surface area contributed by atoms with Gasteiger partial charge in [-0.05, 0) is 54.1 Å². The van der Waals surface area contributed by atoms with E-state index in [0.29, 0.717) is 22.9 Å². The highest BCUT2D eigenvalue weighted by atomic mass is 35.5. The van der Waals surface area contributed by atoms with Crippen LogP contribution in [0.15, 0.2) is 76.5 Å². The van der Waals surface area contributed by atoms with Crippen LogP contribution in [0.3, 0.4) is 0 Å². The van der Waals surface area contributed by atoms with Crippen molar-refractivity contribution in [2.45, 2.75) is 6.42 Å². The first-order valence-corrected chi connectivity index (χ1v) is 10.6. The first kappa shape index (κ1) is 19.6. The van der Waals surface area contributed by atoms with Gasteiger partial charge in [0.2, 0.25) is 6.79 Å². The molecule has 2 aliphatic heterocycles. The third kappa shape index (κ3) is 3.62. The van der Waals surface area contributed by atoms with E-state index in [1.807, 2.05) is 24.3 Å². The average molecular weight is 458 g/mol. The van der Waals surface area contributed by atoms with E-state index in [9.17, 15) is 4.79 Å². The van der Waals surface area contributed by atoms with Crippen LogP contribution in [0.2, 0.25) is 5.02 Å². The van der Waals surface area contributed by atoms with Crippen LogP contribution in [0.5, 0.6) is 11.5 Å². The van der Waals surface area contributed by atoms with E-state index in [0.717, 1.165) is 39.5 Å². The molecule has 2 aromatic carbocycles. The number of amides is 1. The number of pyridine rings is 1. The summed E-state index contributed by atoms with van der Waals surface area (Å²) in [4.78, 5) is 21.6. The zero-order valence-corrected chi connectivity index (χ0v) is 17.9. The number of carbonyl (C=O) groups is 1. The second-order valence-corrected chi connectivity index (χ2v) is 8.04. The molecule has 4 heterocycles. The van der Waals surface area contributed by atoms with Gasteiger partial charge < -0.3 is 19.2 Å². The number of carbonyl (C=O) groups excluding carboxylic acids is 1. The Morgan fingerprint density at radius 3 is 2.79 bits per heavy atom. The predicted octanol–water partition coefficient (Wildman–Crippen LogP) is 5.65. The molecule has 1 amide bonds. The molecule has 7 nitrogen and oxygen atoms in total. The fourth-order valence-corrected chi connectivity index (χ4v) is 4.12. The van der Waals surface area contributed by atoms with E-state index >= 15 is 0 Å². The quantitative estimate of drug-likeness (QED) is 0.427. The van der Waals surface area contributed by atoms with Crippen molar-refractivity contribution in [2.24, 2.45) is 4.99 Å². The lowest BCUT2D eigenvalue weighted by Crippen LogP contribution is -2.11. The van der Waals surface area contributed by atoms with Crippen LogP contribution < -0.4 is 14.8 Å². The first-order valence-electron chi connectivity index (χ1n) is 10.3. The number of fused-ring (bicyclic) bond motifs is 2. The van der Waals surface area contributed by atoms with Gasteiger partial charge in [-0.1, -0.05) is 17.7 Å². The van der Waals surface area contributed by atoms with Crippen LogP contribution in [-0.4, -0.2) is 23.4 Å². The van der Waals surface area contributed by atoms with Gasteiger partial charge in [-0.25, -0.2) is 9.98 Å². The third-order valence-corrected chi connectivity index (χ3v) is 5.86. The van der Waals surface area contributed by atoms with Gasteiger partial charge >= 0.3 is 0 Å². The highest BCUT2D eigenvalue weighted by Crippen LogP contribution is 2.38. The normalized spacial score (nSPS) is 13.5. The molecule has 33 heavy (non-hydrogen) atoms. The minimum atomic E-state index is -0.333. The molecule has 162 valence electrons. The number of hydrogen-bond acceptors (Lipinski definition) is 6. The van der Waals surface area contributed by atoms with Crippen LogP contribution in [0, 0.1) is 0 Å². The van der Waals surface area contributed by atoms with E-state index in [1.54, 1.807) is 30.5 Å². The van der Waals surface area contributed by atoms with Crippen molar-refractivity contribution in [1.29, 1.82) is 0 Å². The number of anilines is 1. The number of aromatic nitrogens is 1. The number of halogens is 1. The van der Waals surface area contributed by atoms with Crippen LogP contribution >= 0.6 is 11.6 Å². The molecule has 0 saturated carbocycles. The Bertz CT molecular complexity index is 1430. The maximum atomic E-state index is 12.3. The molecule has 6 rings (SSSR count). The number of hydrogen-bond donors (Lipinski definition) is 1. The van der Waals surface area contributed by atoms with E-state index in [4.69, 9.17) is 30.5 Å². The Kier molecular flexibility index (Phi) is 4.62. The number of aliphatic imine (C=N–C) groups is 1. The summed E-state index contributed by atoms with van der Waals surface area (Å²) < 4.78 is 16.0. The summed E-state index contributed by atoms with van der Waals surface area (Å²) in [6, 6.07) is 16.5. The molecule has 0 aliphatic carbocycles. The molecule has 2 aliphatic rings. The van der Waals surface area contributed by atoms with Crippen molar-refractivity contribution in [3.8, 4) is 22.6 Å². The second-order valence-electron chi connectivity index (χ2n) is 7.64. The fraction of sp³-hybridized carbons (Fsp3) is 0.0800. The highest BCUT2D eigenvalue weighted by Gasteiger charge is 2.22. The van der Waals surface area contributed by atoms with Gasteiger partial charge in [-0.2, -0.15) is 0 Å². The van der Waals surface area contributed by atoms with Crippen LogP contribution in [0.4, 0.5) is 11.5 Å². The third-order valence-electron chi connectivity index (χ3n) is 5.53. The number of benzene rings is 2. The Morgan fingerprint density at radius 2 is 1.91 bits per heavy atom. The number of nitrogens with one attached hydrogen (secondary N) is 1. The Morgan fingerprint density at radius 1 is 1.00 bits per heavy atom. The molecule has 1 N–H and O–H groups in total. The minimum Gasteiger partial charge on any atom is -0.459 e. The summed E-state index contributed by atoms with van der Waals surface area (Å²) in [7, 11) is 0. The molecule has 0 bridgehead atoms. The monoisotopic (exact) mass is 457 g/mol. The molecule has 4 aromatic rings. The molecule has 0 unspecified atom stereocenters. The van der Waals surface area contributed by atoms with Crippen molar-refractivity contribution in [3.05, 3.63) is 89.0 Å². The van der Waals surface area contributed by atoms with Gasteiger partial charge in [-0.15, -0.1) is 0 Å². The molecule has 8 heteroatoms. The van der Waals surface area contributed by atoms with Crippen molar-refractivity contribution >= 4 is 34.7 Å². The SMILES string of the molecule is O=C(Nc1ccc(Cl)c(C2=Nc3ncc(-c4ccc5c(c4)OCO5)cc3C2)c1)c1ccco1. The molecule has 0 atom stereocenters. The molecule has 0 fully saturated rings. The van der Waals surface area contributed by atoms with Crippen LogP contribution in [-0.2, 0) is 6.42 Å². The molecular weight excluding hydrogens is 442 g/mol. The summed E-state index contributed by atoms with van der Waals surface area (Å²) in [6.07, 6.45) is 3.83. The van der Waals surface area contributed by atoms with Gasteiger partial charge in [0.15, 0.2) is 23.1 Å². The number of nitrogens with zero attached hydrogens (tertiary/aromatic N) is 2. The standard InChI is InChI=1S/C25H16ClN3O4/c26-19-5-4-17(28-25(30)22-2-1-7-31-22)11-18(19)20-9-15-8-16(12-27-24(15)29-20)14-3-6-21-23(10-14)33-13-32-21/h1-8,10-12H,9,13H2,(H,28,30). The smallest absolute Gasteiger partial charge is 0.291 e. The molecule has 0 spiro atoms. The average Bonchev–Trinajstić information content (AvgIpc) is 3.59. The molecule has 0 radical (unpaired) electrons. The van der Waals surface area contributed by atoms with Crippen molar-refractivity contribution < 1.29 is 18.7 Å². The van der Waals surface area contributed by atoms with Crippen molar-refractivity contribution in [3.63, 3.8) is 0 Å². The number of rotatable bonds is 4. The summed E-state index contributed by atoms with van der Waals surface area (Å²) >= 11 is 6.48. The fourth-order valence-electron chi connectivity index (χ4n) is 3.90. The van der Waals surface area contributed by atoms with Crippen molar-refractivity contribution in [1.82, 2.24) is 4.98 Å². The summed E-state index contributed by atoms with van der Waals surface area (Å²) in [5.41, 5.74) is 5.10. The Labute approximate surface area is 193 Å². The maximum absolute atomic E-state index is 12.3. The van der Waals surface area contributed by atoms with Gasteiger partial charge in [-0.3, -0.25) is 4.79 Å². The van der Waals surface area contributed by atoms with E-state index in [1.165, 1.54) is 6.26 Å². The van der Waals surface area contributed by atoms with E-state index in [-0.39, 0.29) is 18.5 Å². The van der Waals surface area contributed by atoms with Crippen molar-refractivity contribution in [2.75, 3.05) is 12.1 Å². The largest absolute Gasteiger partial charge is 0.459 e. The van der Waals surface area contributed by atoms with E-state index in [2.05, 4.69) is 16.4 Å². The molecule has 2 aromatic heterocycles. The summed E-state index contributed by atoms with van der Waals surface area (Å²) in [5, 5.41) is 3.37. The zero-order valence-electron chi connectivity index (χ0n) is 17.2. The first-order chi connectivity index (χ1) is 16.1. The van der Waals surface area contributed by atoms with Crippen LogP contribution in [0.1, 0.15) is 21.7 Å². The van der Waals surface area contributed by atoms with Gasteiger partial charge in [0.05, 0.1) is 12.0 Å². The minimum absolute atomic E-state index is 0.234. The molecular formula is C25H16ClN3O4. The summed E-state index contributed by atoms with van der Waals surface area (Å²) in [6.45, 7) is 0.236. The topological polar surface area (TPSA) is 86.0 Å². The van der Waals surface area contributed by atoms with Gasteiger partial charge in [0, 0.05) is 40.0 Å². The van der Waals surface area contributed by atoms with Gasteiger partial charge in [0.1, 0.15) is 0 Å². The number of furan rings is 1. The maximum Gasteiger partial charge on any atom is 0.291 e. The van der Waals surface area contributed by atoms with Crippen LogP contribution in [0.25, 0.3) is 11.1 Å². The lowest BCUT2D eigenvalue weighted by molar-refractivity contribution is 0.0996. The highest BCUT2D eigenvalue weighted by molar-refractivity contribution is 6.34. The Balaban J connectivity index is 1.26. The van der Waals surface area contributed by atoms with E-state index < -0.39 is 0 Å². The lowest BCUT2D eigenvalue weighted by Gasteiger charge is -2.08. The molecule has 0 saturated heterocycles. The Hall–Kier alpha value is -4.10. The zero-order chi connectivity index (χ0) is 22.4. The van der Waals surface area contributed by atoms with Gasteiger partial charge in [0.25, 0.3) is 5.91 Å². The number of ether oxygens (including phenoxy) is 2.